The van der Waals surface area contributed by atoms with E-state index in [0.29, 0.717) is 0 Å². The summed E-state index contributed by atoms with van der Waals surface area (Å²) in [5.41, 5.74) is 1.21. The second-order valence-electron chi connectivity index (χ2n) is 4.16. The van der Waals surface area contributed by atoms with Crippen LogP contribution in [-0.4, -0.2) is 19.8 Å². The molecule has 3 heteroatoms. The minimum Gasteiger partial charge on any atom is -0.497 e. The van der Waals surface area contributed by atoms with Crippen LogP contribution in [0.25, 0.3) is 0 Å². The lowest BCUT2D eigenvalue weighted by Gasteiger charge is -2.16. The van der Waals surface area contributed by atoms with Gasteiger partial charge in [-0.05, 0) is 38.1 Å². The van der Waals surface area contributed by atoms with Gasteiger partial charge in [0.15, 0.2) is 0 Å². The zero-order chi connectivity index (χ0) is 11.5. The van der Waals surface area contributed by atoms with Gasteiger partial charge in [0, 0.05) is 5.56 Å². The van der Waals surface area contributed by atoms with Crippen LogP contribution < -0.4 is 14.8 Å². The van der Waals surface area contributed by atoms with Crippen LogP contribution in [0.1, 0.15) is 31.9 Å². The van der Waals surface area contributed by atoms with E-state index >= 15 is 0 Å². The fourth-order valence-electron chi connectivity index (χ4n) is 2.10. The van der Waals surface area contributed by atoms with E-state index in [2.05, 4.69) is 25.2 Å². The van der Waals surface area contributed by atoms with Crippen LogP contribution in [0.15, 0.2) is 18.2 Å². The number of ether oxygens (including phenoxy) is 2. The normalized spacial score (nSPS) is 22.7. The molecule has 3 nitrogen and oxygen atoms in total. The third kappa shape index (κ3) is 2.00. The molecule has 2 rings (SSSR count). The maximum absolute atomic E-state index is 5.80. The fourth-order valence-corrected chi connectivity index (χ4v) is 2.10. The smallest absolute Gasteiger partial charge is 0.125 e. The Morgan fingerprint density at radius 3 is 2.94 bits per heavy atom. The average Bonchev–Trinajstić information content (AvgIpc) is 2.61. The molecule has 88 valence electrons. The molecule has 0 radical (unpaired) electrons. The maximum atomic E-state index is 5.80. The molecular formula is C13H19NO2. The van der Waals surface area contributed by atoms with E-state index < -0.39 is 0 Å². The molecule has 2 atom stereocenters. The van der Waals surface area contributed by atoms with Gasteiger partial charge >= 0.3 is 0 Å². The Hall–Kier alpha value is -1.22. The predicted molar refractivity (Wildman–Crippen MR) is 64.1 cm³/mol. The largest absolute Gasteiger partial charge is 0.497 e. The lowest BCUT2D eigenvalue weighted by atomic mass is 10.0. The number of rotatable bonds is 4. The molecule has 0 fully saturated rings. The van der Waals surface area contributed by atoms with E-state index in [0.717, 1.165) is 24.5 Å². The maximum Gasteiger partial charge on any atom is 0.125 e. The number of hydrogen-bond acceptors (Lipinski definition) is 3. The Morgan fingerprint density at radius 1 is 1.44 bits per heavy atom. The van der Waals surface area contributed by atoms with Crippen molar-refractivity contribution in [3.63, 3.8) is 0 Å². The van der Waals surface area contributed by atoms with Crippen molar-refractivity contribution in [2.75, 3.05) is 13.7 Å². The Kier molecular flexibility index (Phi) is 3.34. The van der Waals surface area contributed by atoms with Gasteiger partial charge in [-0.2, -0.15) is 0 Å². The molecule has 1 N–H and O–H groups in total. The van der Waals surface area contributed by atoms with Crippen LogP contribution in [0.4, 0.5) is 0 Å². The summed E-state index contributed by atoms with van der Waals surface area (Å²) in [6.45, 7) is 5.27. The third-order valence-electron chi connectivity index (χ3n) is 2.95. The van der Waals surface area contributed by atoms with E-state index in [1.807, 2.05) is 12.1 Å². The Balaban J connectivity index is 2.23. The fraction of sp³-hybridized carbons (Fsp3) is 0.538. The highest BCUT2D eigenvalue weighted by molar-refractivity contribution is 5.45. The van der Waals surface area contributed by atoms with E-state index in [1.165, 1.54) is 5.56 Å². The van der Waals surface area contributed by atoms with Crippen LogP contribution in [0.5, 0.6) is 11.5 Å². The SMILES string of the molecule is CCCNC1c2cc(OC)ccc2OC1C. The number of fused-ring (bicyclic) bond motifs is 1. The summed E-state index contributed by atoms with van der Waals surface area (Å²) in [7, 11) is 1.69. The van der Waals surface area contributed by atoms with Crippen molar-refractivity contribution < 1.29 is 9.47 Å². The van der Waals surface area contributed by atoms with Gasteiger partial charge in [0.05, 0.1) is 13.2 Å². The molecule has 1 aliphatic rings. The zero-order valence-corrected chi connectivity index (χ0v) is 10.1. The summed E-state index contributed by atoms with van der Waals surface area (Å²) < 4.78 is 11.0. The summed E-state index contributed by atoms with van der Waals surface area (Å²) in [6, 6.07) is 6.27. The van der Waals surface area contributed by atoms with Gasteiger partial charge in [-0.15, -0.1) is 0 Å². The number of hydrogen-bond donors (Lipinski definition) is 1. The number of benzene rings is 1. The summed E-state index contributed by atoms with van der Waals surface area (Å²) in [5, 5.41) is 3.51. The van der Waals surface area contributed by atoms with Crippen LogP contribution in [0, 0.1) is 0 Å². The highest BCUT2D eigenvalue weighted by Gasteiger charge is 2.30. The second kappa shape index (κ2) is 4.74. The van der Waals surface area contributed by atoms with Crippen molar-refractivity contribution in [1.82, 2.24) is 5.32 Å². The van der Waals surface area contributed by atoms with Crippen LogP contribution >= 0.6 is 0 Å². The lowest BCUT2D eigenvalue weighted by Crippen LogP contribution is -2.29. The van der Waals surface area contributed by atoms with Crippen molar-refractivity contribution in [3.8, 4) is 11.5 Å². The van der Waals surface area contributed by atoms with Crippen LogP contribution in [-0.2, 0) is 0 Å². The highest BCUT2D eigenvalue weighted by atomic mass is 16.5. The topological polar surface area (TPSA) is 30.5 Å². The van der Waals surface area contributed by atoms with Crippen molar-refractivity contribution in [2.45, 2.75) is 32.4 Å². The molecule has 2 unspecified atom stereocenters. The second-order valence-corrected chi connectivity index (χ2v) is 4.16. The summed E-state index contributed by atoms with van der Waals surface area (Å²) in [6.07, 6.45) is 1.32. The van der Waals surface area contributed by atoms with E-state index in [-0.39, 0.29) is 12.1 Å². The number of nitrogens with one attached hydrogen (secondary N) is 1. The molecule has 0 saturated heterocycles. The molecular weight excluding hydrogens is 202 g/mol. The van der Waals surface area contributed by atoms with Gasteiger partial charge in [-0.25, -0.2) is 0 Å². The molecule has 1 aromatic carbocycles. The Bertz CT molecular complexity index is 365. The Morgan fingerprint density at radius 2 is 2.25 bits per heavy atom. The van der Waals surface area contributed by atoms with Gasteiger partial charge in [0.2, 0.25) is 0 Å². The van der Waals surface area contributed by atoms with Crippen molar-refractivity contribution in [3.05, 3.63) is 23.8 Å². The van der Waals surface area contributed by atoms with Gasteiger partial charge in [-0.3, -0.25) is 0 Å². The zero-order valence-electron chi connectivity index (χ0n) is 10.1. The van der Waals surface area contributed by atoms with E-state index in [1.54, 1.807) is 7.11 Å². The standard InChI is InChI=1S/C13H19NO2/c1-4-7-14-13-9(2)16-12-6-5-10(15-3)8-11(12)13/h5-6,8-9,13-14H,4,7H2,1-3H3. The summed E-state index contributed by atoms with van der Waals surface area (Å²) >= 11 is 0. The first-order valence-electron chi connectivity index (χ1n) is 5.84. The van der Waals surface area contributed by atoms with Gasteiger partial charge < -0.3 is 14.8 Å². The average molecular weight is 221 g/mol. The first-order chi connectivity index (χ1) is 7.76. The molecule has 0 spiro atoms. The first-order valence-corrected chi connectivity index (χ1v) is 5.84. The number of methoxy groups -OCH3 is 1. The molecule has 16 heavy (non-hydrogen) atoms. The van der Waals surface area contributed by atoms with Gasteiger partial charge in [-0.1, -0.05) is 6.92 Å². The van der Waals surface area contributed by atoms with Gasteiger partial charge in [0.25, 0.3) is 0 Å². The molecule has 1 aliphatic heterocycles. The molecule has 0 aliphatic carbocycles. The van der Waals surface area contributed by atoms with Crippen LogP contribution in [0.2, 0.25) is 0 Å². The summed E-state index contributed by atoms with van der Waals surface area (Å²) in [4.78, 5) is 0. The monoisotopic (exact) mass is 221 g/mol. The highest BCUT2D eigenvalue weighted by Crippen LogP contribution is 2.38. The van der Waals surface area contributed by atoms with Crippen LogP contribution in [0.3, 0.4) is 0 Å². The molecule has 0 amide bonds. The first kappa shape index (κ1) is 11.3. The quantitative estimate of drug-likeness (QED) is 0.847. The van der Waals surface area contributed by atoms with Crippen molar-refractivity contribution in [1.29, 1.82) is 0 Å². The Labute approximate surface area is 96.8 Å². The van der Waals surface area contributed by atoms with Gasteiger partial charge in [0.1, 0.15) is 17.6 Å². The minimum atomic E-state index is 0.189. The summed E-state index contributed by atoms with van der Waals surface area (Å²) in [5.74, 6) is 1.86. The lowest BCUT2D eigenvalue weighted by molar-refractivity contribution is 0.210. The predicted octanol–water partition coefficient (Wildman–Crippen LogP) is 2.52. The van der Waals surface area contributed by atoms with E-state index in [9.17, 15) is 0 Å². The van der Waals surface area contributed by atoms with E-state index in [4.69, 9.17) is 9.47 Å². The molecule has 0 aromatic heterocycles. The minimum absolute atomic E-state index is 0.189. The molecule has 0 bridgehead atoms. The molecule has 1 aromatic rings. The third-order valence-corrected chi connectivity index (χ3v) is 2.95. The van der Waals surface area contributed by atoms with Crippen molar-refractivity contribution in [2.24, 2.45) is 0 Å². The van der Waals surface area contributed by atoms with Crippen molar-refractivity contribution >= 4 is 0 Å². The molecule has 1 heterocycles. The molecule has 0 saturated carbocycles.